The fourth-order valence-electron chi connectivity index (χ4n) is 4.36. The predicted molar refractivity (Wildman–Crippen MR) is 104 cm³/mol. The molecule has 4 rings (SSSR count). The summed E-state index contributed by atoms with van der Waals surface area (Å²) < 4.78 is 0. The first-order valence-corrected chi connectivity index (χ1v) is 9.89. The van der Waals surface area contributed by atoms with Crippen molar-refractivity contribution >= 4 is 29.1 Å². The molecule has 1 aliphatic carbocycles. The van der Waals surface area contributed by atoms with Gasteiger partial charge in [-0.15, -0.1) is 0 Å². The van der Waals surface area contributed by atoms with Crippen LogP contribution >= 0.6 is 23.2 Å². The van der Waals surface area contributed by atoms with Crippen molar-refractivity contribution < 1.29 is 9.90 Å². The van der Waals surface area contributed by atoms with E-state index in [2.05, 4.69) is 0 Å². The van der Waals surface area contributed by atoms with Crippen LogP contribution in [-0.4, -0.2) is 22.0 Å². The molecule has 1 amide bonds. The second kappa shape index (κ2) is 7.13. The number of phenols is 1. The number of hydrogen-bond donors (Lipinski definition) is 1. The van der Waals surface area contributed by atoms with E-state index in [0.717, 1.165) is 36.8 Å². The molecule has 1 saturated carbocycles. The maximum atomic E-state index is 13.4. The Labute approximate surface area is 163 Å². The first kappa shape index (κ1) is 17.7. The second-order valence-corrected chi connectivity index (χ2v) is 8.08. The van der Waals surface area contributed by atoms with Crippen LogP contribution in [0.2, 0.25) is 10.0 Å². The molecule has 2 aliphatic rings. The van der Waals surface area contributed by atoms with Crippen molar-refractivity contribution in [2.45, 2.75) is 50.6 Å². The molecule has 1 aliphatic heterocycles. The normalized spacial score (nSPS) is 20.9. The van der Waals surface area contributed by atoms with Crippen LogP contribution < -0.4 is 0 Å². The molecular weight excluding hydrogens is 369 g/mol. The Morgan fingerprint density at radius 3 is 2.50 bits per heavy atom. The van der Waals surface area contributed by atoms with E-state index in [0.29, 0.717) is 22.0 Å². The minimum Gasteiger partial charge on any atom is -0.508 e. The van der Waals surface area contributed by atoms with Crippen LogP contribution in [0.5, 0.6) is 5.75 Å². The highest BCUT2D eigenvalue weighted by Crippen LogP contribution is 2.41. The molecule has 1 heterocycles. The molecule has 3 nitrogen and oxygen atoms in total. The van der Waals surface area contributed by atoms with Crippen molar-refractivity contribution in [3.63, 3.8) is 0 Å². The van der Waals surface area contributed by atoms with Gasteiger partial charge in [0.05, 0.1) is 6.04 Å². The van der Waals surface area contributed by atoms with Crippen LogP contribution in [0, 0.1) is 0 Å². The maximum absolute atomic E-state index is 13.4. The summed E-state index contributed by atoms with van der Waals surface area (Å²) in [7, 11) is 0. The summed E-state index contributed by atoms with van der Waals surface area (Å²) in [6.45, 7) is 0. The average Bonchev–Trinajstić information content (AvgIpc) is 2.62. The second-order valence-electron chi connectivity index (χ2n) is 7.23. The Kier molecular flexibility index (Phi) is 4.85. The van der Waals surface area contributed by atoms with Gasteiger partial charge in [-0.2, -0.15) is 0 Å². The Morgan fingerprint density at radius 1 is 1.00 bits per heavy atom. The molecule has 136 valence electrons. The molecule has 0 spiro atoms. The Balaban J connectivity index is 1.81. The van der Waals surface area contributed by atoms with E-state index in [1.54, 1.807) is 24.3 Å². The van der Waals surface area contributed by atoms with Gasteiger partial charge in [0, 0.05) is 21.7 Å². The van der Waals surface area contributed by atoms with Crippen LogP contribution in [0.1, 0.15) is 59.6 Å². The van der Waals surface area contributed by atoms with Crippen molar-refractivity contribution in [2.24, 2.45) is 0 Å². The fraction of sp³-hybridized carbons (Fsp3) is 0.381. The lowest BCUT2D eigenvalue weighted by atomic mass is 9.85. The average molecular weight is 390 g/mol. The summed E-state index contributed by atoms with van der Waals surface area (Å²) in [6.07, 6.45) is 6.24. The van der Waals surface area contributed by atoms with Gasteiger partial charge in [-0.3, -0.25) is 4.79 Å². The van der Waals surface area contributed by atoms with Crippen LogP contribution in [-0.2, 0) is 6.42 Å². The van der Waals surface area contributed by atoms with Crippen LogP contribution in [0.15, 0.2) is 36.4 Å². The van der Waals surface area contributed by atoms with Crippen LogP contribution in [0.4, 0.5) is 0 Å². The lowest BCUT2D eigenvalue weighted by Gasteiger charge is -2.43. The van der Waals surface area contributed by atoms with Crippen LogP contribution in [0.3, 0.4) is 0 Å². The lowest BCUT2D eigenvalue weighted by Crippen LogP contribution is -2.47. The fourth-order valence-corrected chi connectivity index (χ4v) is 4.89. The Hall–Kier alpha value is -1.71. The van der Waals surface area contributed by atoms with E-state index in [-0.39, 0.29) is 23.7 Å². The molecule has 2 aromatic carbocycles. The van der Waals surface area contributed by atoms with Gasteiger partial charge in [0.25, 0.3) is 5.91 Å². The number of fused-ring (bicyclic) bond motifs is 1. The number of benzene rings is 2. The number of aromatic hydroxyl groups is 1. The number of nitrogens with zero attached hydrogens (tertiary/aromatic N) is 1. The van der Waals surface area contributed by atoms with Gasteiger partial charge >= 0.3 is 0 Å². The predicted octanol–water partition coefficient (Wildman–Crippen LogP) is 5.77. The van der Waals surface area contributed by atoms with E-state index in [9.17, 15) is 9.90 Å². The summed E-state index contributed by atoms with van der Waals surface area (Å²) in [5.41, 5.74) is 2.48. The van der Waals surface area contributed by atoms with Crippen molar-refractivity contribution in [1.29, 1.82) is 0 Å². The molecule has 26 heavy (non-hydrogen) atoms. The number of phenolic OH excluding ortho intramolecular Hbond substituents is 1. The molecule has 0 aromatic heterocycles. The number of rotatable bonds is 2. The standard InChI is InChI=1S/C21H21Cl2NO2/c22-14-6-8-18(19(23)12-14)20-11-13-10-16(25)7-9-17(13)21(26)24(20)15-4-2-1-3-5-15/h6-10,12,15,20,25H,1-5,11H2. The minimum atomic E-state index is -0.135. The quantitative estimate of drug-likeness (QED) is 0.707. The number of amides is 1. The van der Waals surface area contributed by atoms with Gasteiger partial charge in [-0.1, -0.05) is 48.5 Å². The zero-order valence-corrected chi connectivity index (χ0v) is 15.9. The van der Waals surface area contributed by atoms with Gasteiger partial charge in [0.15, 0.2) is 0 Å². The number of carbonyl (C=O) groups excluding carboxylic acids is 1. The van der Waals surface area contributed by atoms with Crippen molar-refractivity contribution in [3.8, 4) is 5.75 Å². The van der Waals surface area contributed by atoms with Gasteiger partial charge < -0.3 is 10.0 Å². The highest BCUT2D eigenvalue weighted by atomic mass is 35.5. The molecule has 5 heteroatoms. The summed E-state index contributed by atoms with van der Waals surface area (Å²) in [4.78, 5) is 15.4. The largest absolute Gasteiger partial charge is 0.508 e. The molecular formula is C21H21Cl2NO2. The van der Waals surface area contributed by atoms with Gasteiger partial charge in [0.2, 0.25) is 0 Å². The third-order valence-corrected chi connectivity index (χ3v) is 6.15. The Bertz CT molecular complexity index is 846. The zero-order valence-electron chi connectivity index (χ0n) is 14.4. The number of halogens is 2. The van der Waals surface area contributed by atoms with Gasteiger partial charge in [-0.05, 0) is 60.7 Å². The summed E-state index contributed by atoms with van der Waals surface area (Å²) >= 11 is 12.6. The third kappa shape index (κ3) is 3.19. The highest BCUT2D eigenvalue weighted by molar-refractivity contribution is 6.35. The molecule has 1 N–H and O–H groups in total. The number of hydrogen-bond acceptors (Lipinski definition) is 2. The van der Waals surface area contributed by atoms with E-state index in [1.807, 2.05) is 17.0 Å². The minimum absolute atomic E-state index is 0.0363. The molecule has 1 unspecified atom stereocenters. The highest BCUT2D eigenvalue weighted by Gasteiger charge is 2.38. The van der Waals surface area contributed by atoms with Gasteiger partial charge in [-0.25, -0.2) is 0 Å². The molecule has 1 atom stereocenters. The monoisotopic (exact) mass is 389 g/mol. The SMILES string of the molecule is O=C1c2ccc(O)cc2CC(c2ccc(Cl)cc2Cl)N1C1CCCCC1. The van der Waals surface area contributed by atoms with Crippen LogP contribution in [0.25, 0.3) is 0 Å². The Morgan fingerprint density at radius 2 is 1.77 bits per heavy atom. The van der Waals surface area contributed by atoms with Crippen molar-refractivity contribution in [1.82, 2.24) is 4.90 Å². The van der Waals surface area contributed by atoms with Crippen molar-refractivity contribution in [3.05, 3.63) is 63.1 Å². The maximum Gasteiger partial charge on any atom is 0.254 e. The topological polar surface area (TPSA) is 40.5 Å². The third-order valence-electron chi connectivity index (χ3n) is 5.59. The van der Waals surface area contributed by atoms with E-state index in [4.69, 9.17) is 23.2 Å². The zero-order chi connectivity index (χ0) is 18.3. The van der Waals surface area contributed by atoms with E-state index < -0.39 is 0 Å². The molecule has 0 bridgehead atoms. The smallest absolute Gasteiger partial charge is 0.254 e. The number of carbonyl (C=O) groups is 1. The molecule has 2 aromatic rings. The first-order valence-electron chi connectivity index (χ1n) is 9.14. The summed E-state index contributed by atoms with van der Waals surface area (Å²) in [5.74, 6) is 0.220. The molecule has 0 saturated heterocycles. The first-order chi connectivity index (χ1) is 12.5. The van der Waals surface area contributed by atoms with Gasteiger partial charge in [0.1, 0.15) is 5.75 Å². The van der Waals surface area contributed by atoms with E-state index >= 15 is 0 Å². The summed E-state index contributed by atoms with van der Waals surface area (Å²) in [5, 5.41) is 11.0. The summed E-state index contributed by atoms with van der Waals surface area (Å²) in [6, 6.07) is 10.6. The molecule has 1 fully saturated rings. The molecule has 0 radical (unpaired) electrons. The van der Waals surface area contributed by atoms with E-state index in [1.165, 1.54) is 6.42 Å². The lowest BCUT2D eigenvalue weighted by molar-refractivity contribution is 0.0473. The van der Waals surface area contributed by atoms with Crippen molar-refractivity contribution in [2.75, 3.05) is 0 Å².